The molecule has 1 aliphatic rings. The molecule has 230 valence electrons. The zero-order valence-electron chi connectivity index (χ0n) is 27.5. The highest BCUT2D eigenvalue weighted by Gasteiger charge is 2.36. The Kier molecular flexibility index (Phi) is 6.26. The topological polar surface area (TPSA) is 9.86 Å². The monoisotopic (exact) mass is 616 g/mol. The fraction of sp³-hybridized carbons (Fsp3) is 0.0870. The molecule has 0 atom stereocenters. The number of benzene rings is 6. The average Bonchev–Trinajstić information content (AvgIpc) is 3.70. The van der Waals surface area contributed by atoms with Gasteiger partial charge in [-0.25, -0.2) is 0 Å². The van der Waals surface area contributed by atoms with Gasteiger partial charge >= 0.3 is 0 Å². The molecule has 2 nitrogen and oxygen atoms in total. The second-order valence-electron chi connectivity index (χ2n) is 13.4. The Balaban J connectivity index is 1.31. The van der Waals surface area contributed by atoms with Crippen LogP contribution in [0.15, 0.2) is 158 Å². The fourth-order valence-electron chi connectivity index (χ4n) is 8.18. The highest BCUT2D eigenvalue weighted by Crippen LogP contribution is 2.51. The van der Waals surface area contributed by atoms with Crippen molar-refractivity contribution >= 4 is 49.3 Å². The van der Waals surface area contributed by atoms with Crippen molar-refractivity contribution in [2.75, 3.05) is 0 Å². The molecule has 0 radical (unpaired) electrons. The van der Waals surface area contributed by atoms with Crippen molar-refractivity contribution in [2.24, 2.45) is 0 Å². The van der Waals surface area contributed by atoms with E-state index in [1.165, 1.54) is 82.7 Å². The van der Waals surface area contributed by atoms with Crippen molar-refractivity contribution in [1.29, 1.82) is 0 Å². The Morgan fingerprint density at radius 3 is 2.00 bits per heavy atom. The van der Waals surface area contributed by atoms with Crippen molar-refractivity contribution in [3.05, 3.63) is 169 Å². The first-order valence-electron chi connectivity index (χ1n) is 16.8. The third-order valence-electron chi connectivity index (χ3n) is 10.4. The Bertz CT molecular complexity index is 2660. The van der Waals surface area contributed by atoms with Crippen LogP contribution in [0.3, 0.4) is 0 Å². The van der Waals surface area contributed by atoms with E-state index >= 15 is 0 Å². The third-order valence-corrected chi connectivity index (χ3v) is 10.4. The first kappa shape index (κ1) is 28.4. The number of fused-ring (bicyclic) bond motifs is 9. The zero-order chi connectivity index (χ0) is 32.6. The minimum absolute atomic E-state index is 0.0796. The van der Waals surface area contributed by atoms with E-state index in [2.05, 4.69) is 182 Å². The number of para-hydroxylation sites is 2. The van der Waals surface area contributed by atoms with Gasteiger partial charge in [-0.3, -0.25) is 0 Å². The molecule has 0 aliphatic heterocycles. The van der Waals surface area contributed by atoms with Crippen molar-refractivity contribution in [1.82, 2.24) is 9.13 Å². The standard InChI is InChI=1S/C46H36N2/c1-5-14-32(15-6-2)48-44-25-23-31(27-38(44)39-28-36-34-18-10-12-20-40(34)46(3,4)41(36)29-45(39)48)30-22-24-43-37(26-30)35-19-11-13-21-42(35)47(43)33-16-8-7-9-17-33/h5-29H,1H2,2-4H3/b15-6-,32-14+. The van der Waals surface area contributed by atoms with E-state index in [1.807, 2.05) is 6.08 Å². The van der Waals surface area contributed by atoms with Gasteiger partial charge in [-0.05, 0) is 107 Å². The summed E-state index contributed by atoms with van der Waals surface area (Å²) < 4.78 is 4.78. The van der Waals surface area contributed by atoms with Gasteiger partial charge in [0.1, 0.15) is 0 Å². The van der Waals surface area contributed by atoms with Crippen LogP contribution >= 0.6 is 0 Å². The maximum absolute atomic E-state index is 4.06. The molecular weight excluding hydrogens is 581 g/mol. The molecule has 0 saturated heterocycles. The van der Waals surface area contributed by atoms with E-state index in [1.54, 1.807) is 0 Å². The van der Waals surface area contributed by atoms with Gasteiger partial charge in [0.15, 0.2) is 0 Å². The summed E-state index contributed by atoms with van der Waals surface area (Å²) in [4.78, 5) is 0. The quantitative estimate of drug-likeness (QED) is 0.170. The van der Waals surface area contributed by atoms with Gasteiger partial charge in [0, 0.05) is 38.3 Å². The second-order valence-corrected chi connectivity index (χ2v) is 13.4. The molecule has 2 heteroatoms. The second kappa shape index (κ2) is 10.6. The molecule has 0 amide bonds. The molecule has 9 rings (SSSR count). The van der Waals surface area contributed by atoms with Gasteiger partial charge in [-0.15, -0.1) is 0 Å². The Morgan fingerprint density at radius 2 is 1.23 bits per heavy atom. The summed E-state index contributed by atoms with van der Waals surface area (Å²) in [5.74, 6) is 0. The van der Waals surface area contributed by atoms with E-state index in [-0.39, 0.29) is 5.41 Å². The number of hydrogen-bond acceptors (Lipinski definition) is 0. The van der Waals surface area contributed by atoms with Crippen LogP contribution in [0, 0.1) is 0 Å². The van der Waals surface area contributed by atoms with Crippen molar-refractivity contribution in [2.45, 2.75) is 26.2 Å². The number of aromatic nitrogens is 2. The van der Waals surface area contributed by atoms with Crippen LogP contribution in [0.5, 0.6) is 0 Å². The highest BCUT2D eigenvalue weighted by molar-refractivity contribution is 6.14. The van der Waals surface area contributed by atoms with Crippen LogP contribution < -0.4 is 0 Å². The average molecular weight is 617 g/mol. The Labute approximate surface area is 281 Å². The normalized spacial score (nSPS) is 14.0. The van der Waals surface area contributed by atoms with E-state index in [0.717, 1.165) is 5.70 Å². The zero-order valence-corrected chi connectivity index (χ0v) is 27.5. The minimum Gasteiger partial charge on any atom is -0.309 e. The first-order chi connectivity index (χ1) is 23.5. The molecule has 0 saturated carbocycles. The number of nitrogens with zero attached hydrogens (tertiary/aromatic N) is 2. The largest absolute Gasteiger partial charge is 0.309 e. The summed E-state index contributed by atoms with van der Waals surface area (Å²) in [5.41, 5.74) is 14.9. The molecule has 0 N–H and O–H groups in total. The molecule has 48 heavy (non-hydrogen) atoms. The lowest BCUT2D eigenvalue weighted by Gasteiger charge is -2.21. The van der Waals surface area contributed by atoms with Gasteiger partial charge < -0.3 is 9.13 Å². The third kappa shape index (κ3) is 3.99. The predicted molar refractivity (Wildman–Crippen MR) is 206 cm³/mol. The summed E-state index contributed by atoms with van der Waals surface area (Å²) in [6, 6.07) is 47.1. The smallest absolute Gasteiger partial charge is 0.0544 e. The molecule has 0 spiro atoms. The summed E-state index contributed by atoms with van der Waals surface area (Å²) in [7, 11) is 0. The van der Waals surface area contributed by atoms with E-state index < -0.39 is 0 Å². The number of allylic oxidation sites excluding steroid dienone is 5. The lowest BCUT2D eigenvalue weighted by molar-refractivity contribution is 0.661. The van der Waals surface area contributed by atoms with Gasteiger partial charge in [0.25, 0.3) is 0 Å². The van der Waals surface area contributed by atoms with E-state index in [0.29, 0.717) is 0 Å². The molecule has 2 aromatic heterocycles. The van der Waals surface area contributed by atoms with E-state index in [9.17, 15) is 0 Å². The predicted octanol–water partition coefficient (Wildman–Crippen LogP) is 12.5. The maximum atomic E-state index is 4.06. The van der Waals surface area contributed by atoms with Crippen LogP contribution in [-0.4, -0.2) is 9.13 Å². The minimum atomic E-state index is -0.0796. The highest BCUT2D eigenvalue weighted by atomic mass is 15.0. The molecule has 8 aromatic rings. The fourth-order valence-corrected chi connectivity index (χ4v) is 8.18. The molecule has 2 heterocycles. The van der Waals surface area contributed by atoms with Gasteiger partial charge in [0.2, 0.25) is 0 Å². The van der Waals surface area contributed by atoms with Crippen LogP contribution in [0.1, 0.15) is 31.9 Å². The molecule has 0 fully saturated rings. The number of rotatable bonds is 5. The van der Waals surface area contributed by atoms with Gasteiger partial charge in [-0.2, -0.15) is 0 Å². The van der Waals surface area contributed by atoms with Gasteiger partial charge in [0.05, 0.1) is 22.1 Å². The molecule has 0 unspecified atom stereocenters. The molecule has 6 aromatic carbocycles. The summed E-state index contributed by atoms with van der Waals surface area (Å²) in [6.07, 6.45) is 8.28. The summed E-state index contributed by atoms with van der Waals surface area (Å²) in [5, 5.41) is 5.03. The lowest BCUT2D eigenvalue weighted by Crippen LogP contribution is -2.15. The maximum Gasteiger partial charge on any atom is 0.0544 e. The van der Waals surface area contributed by atoms with Crippen molar-refractivity contribution < 1.29 is 0 Å². The lowest BCUT2D eigenvalue weighted by atomic mass is 9.82. The Hall–Kier alpha value is -5.86. The molecule has 0 bridgehead atoms. The van der Waals surface area contributed by atoms with E-state index in [4.69, 9.17) is 0 Å². The molecule has 1 aliphatic carbocycles. The summed E-state index contributed by atoms with van der Waals surface area (Å²) in [6.45, 7) is 10.8. The number of hydrogen-bond donors (Lipinski definition) is 0. The van der Waals surface area contributed by atoms with Crippen molar-refractivity contribution in [3.8, 4) is 27.9 Å². The SMILES string of the molecule is C=C/C=C(\C=C/C)n1c2ccc(-c3ccc4c(c3)c3ccccc3n4-c3ccccc3)cc2c2cc3c(cc21)C(C)(C)c1ccccc1-3. The van der Waals surface area contributed by atoms with Crippen LogP contribution in [0.4, 0.5) is 0 Å². The first-order valence-corrected chi connectivity index (χ1v) is 16.8. The van der Waals surface area contributed by atoms with Crippen molar-refractivity contribution in [3.63, 3.8) is 0 Å². The van der Waals surface area contributed by atoms with Crippen LogP contribution in [0.25, 0.3) is 77.2 Å². The van der Waals surface area contributed by atoms with Crippen LogP contribution in [-0.2, 0) is 5.41 Å². The molecular formula is C46H36N2. The van der Waals surface area contributed by atoms with Gasteiger partial charge in [-0.1, -0.05) is 105 Å². The Morgan fingerprint density at radius 1 is 0.583 bits per heavy atom. The summed E-state index contributed by atoms with van der Waals surface area (Å²) >= 11 is 0. The van der Waals surface area contributed by atoms with Crippen LogP contribution in [0.2, 0.25) is 0 Å².